The van der Waals surface area contributed by atoms with E-state index in [2.05, 4.69) is 15.9 Å². The van der Waals surface area contributed by atoms with Crippen molar-refractivity contribution in [3.8, 4) is 5.75 Å². The average molecular weight is 448 g/mol. The van der Waals surface area contributed by atoms with E-state index in [0.29, 0.717) is 21.4 Å². The number of sulfone groups is 1. The predicted molar refractivity (Wildman–Crippen MR) is 103 cm³/mol. The third-order valence-corrected chi connectivity index (χ3v) is 7.45. The molecule has 2 saturated heterocycles. The molecule has 5 nitrogen and oxygen atoms in total. The molecule has 128 valence electrons. The van der Waals surface area contributed by atoms with Gasteiger partial charge in [0.2, 0.25) is 0 Å². The Hall–Kier alpha value is -0.900. The van der Waals surface area contributed by atoms with Crippen molar-refractivity contribution in [3.05, 3.63) is 33.1 Å². The maximum atomic E-state index is 12.7. The fourth-order valence-corrected chi connectivity index (χ4v) is 6.20. The lowest BCUT2D eigenvalue weighted by atomic mass is 10.1. The summed E-state index contributed by atoms with van der Waals surface area (Å²) in [6.07, 6.45) is 2.16. The molecule has 1 aromatic carbocycles. The average Bonchev–Trinajstić information content (AvgIpc) is 2.99. The first-order valence-electron chi connectivity index (χ1n) is 7.12. The van der Waals surface area contributed by atoms with E-state index >= 15 is 0 Å². The van der Waals surface area contributed by atoms with Crippen molar-refractivity contribution in [1.82, 2.24) is 4.90 Å². The molecule has 0 spiro atoms. The van der Waals surface area contributed by atoms with E-state index in [-0.39, 0.29) is 23.5 Å². The van der Waals surface area contributed by atoms with Gasteiger partial charge in [-0.1, -0.05) is 39.9 Å². The molecule has 0 aliphatic carbocycles. The maximum Gasteiger partial charge on any atom is 0.266 e. The Morgan fingerprint density at radius 3 is 2.83 bits per heavy atom. The molecule has 0 unspecified atom stereocenters. The third-order valence-electron chi connectivity index (χ3n) is 3.88. The van der Waals surface area contributed by atoms with Crippen molar-refractivity contribution >= 4 is 66.1 Å². The lowest BCUT2D eigenvalue weighted by Crippen LogP contribution is -2.39. The van der Waals surface area contributed by atoms with Crippen LogP contribution in [0.4, 0.5) is 0 Å². The van der Waals surface area contributed by atoms with Crippen LogP contribution in [0.1, 0.15) is 12.0 Å². The van der Waals surface area contributed by atoms with Crippen LogP contribution in [0, 0.1) is 0 Å². The Labute approximate surface area is 158 Å². The van der Waals surface area contributed by atoms with Crippen molar-refractivity contribution < 1.29 is 17.9 Å². The van der Waals surface area contributed by atoms with Crippen molar-refractivity contribution in [2.45, 2.75) is 12.5 Å². The van der Waals surface area contributed by atoms with Crippen LogP contribution in [0.3, 0.4) is 0 Å². The lowest BCUT2D eigenvalue weighted by molar-refractivity contribution is -0.123. The van der Waals surface area contributed by atoms with Gasteiger partial charge >= 0.3 is 0 Å². The molecule has 2 heterocycles. The summed E-state index contributed by atoms with van der Waals surface area (Å²) in [6.45, 7) is 0. The fourth-order valence-electron chi connectivity index (χ4n) is 2.73. The summed E-state index contributed by atoms with van der Waals surface area (Å²) in [7, 11) is -1.52. The number of thiocarbonyl (C=S) groups is 1. The molecule has 2 aliphatic heterocycles. The van der Waals surface area contributed by atoms with Crippen molar-refractivity contribution in [2.24, 2.45) is 0 Å². The van der Waals surface area contributed by atoms with Gasteiger partial charge in [-0.3, -0.25) is 9.69 Å². The fraction of sp³-hybridized carbons (Fsp3) is 0.333. The van der Waals surface area contributed by atoms with Crippen LogP contribution in [-0.4, -0.2) is 48.2 Å². The number of carbonyl (C=O) groups excluding carboxylic acids is 1. The number of hydrogen-bond donors (Lipinski definition) is 0. The minimum atomic E-state index is -3.08. The summed E-state index contributed by atoms with van der Waals surface area (Å²) in [4.78, 5) is 14.6. The molecule has 0 N–H and O–H groups in total. The molecule has 1 atom stereocenters. The maximum absolute atomic E-state index is 12.7. The van der Waals surface area contributed by atoms with Gasteiger partial charge in [-0.05, 0) is 30.7 Å². The minimum Gasteiger partial charge on any atom is -0.496 e. The number of carbonyl (C=O) groups is 1. The molecule has 0 saturated carbocycles. The molecule has 0 radical (unpaired) electrons. The zero-order valence-electron chi connectivity index (χ0n) is 12.7. The van der Waals surface area contributed by atoms with Crippen LogP contribution in [0.25, 0.3) is 6.08 Å². The van der Waals surface area contributed by atoms with E-state index in [1.165, 1.54) is 16.7 Å². The molecule has 2 fully saturated rings. The molecule has 2 aliphatic rings. The zero-order chi connectivity index (χ0) is 17.5. The molecule has 1 amide bonds. The number of methoxy groups -OCH3 is 1. The van der Waals surface area contributed by atoms with Gasteiger partial charge in [0, 0.05) is 10.0 Å². The summed E-state index contributed by atoms with van der Waals surface area (Å²) in [6, 6.07) is 5.15. The first-order valence-corrected chi connectivity index (χ1v) is 11.0. The van der Waals surface area contributed by atoms with Gasteiger partial charge in [-0.2, -0.15) is 0 Å². The highest BCUT2D eigenvalue weighted by atomic mass is 79.9. The topological polar surface area (TPSA) is 63.7 Å². The van der Waals surface area contributed by atoms with Crippen LogP contribution < -0.4 is 4.74 Å². The number of thioether (sulfide) groups is 1. The molecular weight excluding hydrogens is 434 g/mol. The number of amides is 1. The molecule has 24 heavy (non-hydrogen) atoms. The minimum absolute atomic E-state index is 0.0209. The van der Waals surface area contributed by atoms with E-state index in [1.54, 1.807) is 19.3 Å². The molecule has 9 heteroatoms. The Kier molecular flexibility index (Phi) is 5.06. The normalized spacial score (nSPS) is 24.8. The predicted octanol–water partition coefficient (Wildman–Crippen LogP) is 2.85. The van der Waals surface area contributed by atoms with E-state index in [4.69, 9.17) is 17.0 Å². The number of nitrogens with zero attached hydrogens (tertiary/aromatic N) is 1. The molecule has 0 aromatic heterocycles. The molecule has 0 bridgehead atoms. The van der Waals surface area contributed by atoms with E-state index in [0.717, 1.165) is 10.0 Å². The van der Waals surface area contributed by atoms with E-state index in [1.807, 2.05) is 12.1 Å². The second-order valence-corrected chi connectivity index (χ2v) is 10.3. The monoisotopic (exact) mass is 447 g/mol. The second-order valence-electron chi connectivity index (χ2n) is 5.49. The van der Waals surface area contributed by atoms with Crippen LogP contribution >= 0.6 is 39.9 Å². The highest BCUT2D eigenvalue weighted by Crippen LogP contribution is 2.37. The number of rotatable bonds is 3. The van der Waals surface area contributed by atoms with E-state index in [9.17, 15) is 13.2 Å². The number of benzene rings is 1. The van der Waals surface area contributed by atoms with Crippen LogP contribution in [0.2, 0.25) is 0 Å². The van der Waals surface area contributed by atoms with Crippen molar-refractivity contribution in [2.75, 3.05) is 18.6 Å². The highest BCUT2D eigenvalue weighted by Gasteiger charge is 2.42. The Morgan fingerprint density at radius 1 is 1.46 bits per heavy atom. The van der Waals surface area contributed by atoms with Crippen LogP contribution in [-0.2, 0) is 14.6 Å². The quantitative estimate of drug-likeness (QED) is 0.524. The van der Waals surface area contributed by atoms with Crippen molar-refractivity contribution in [1.29, 1.82) is 0 Å². The Bertz CT molecular complexity index is 850. The lowest BCUT2D eigenvalue weighted by Gasteiger charge is -2.20. The van der Waals surface area contributed by atoms with E-state index < -0.39 is 9.84 Å². The largest absolute Gasteiger partial charge is 0.496 e. The third kappa shape index (κ3) is 3.54. The molecule has 3 rings (SSSR count). The smallest absolute Gasteiger partial charge is 0.266 e. The van der Waals surface area contributed by atoms with Gasteiger partial charge in [0.05, 0.1) is 29.6 Å². The van der Waals surface area contributed by atoms with Gasteiger partial charge in [0.25, 0.3) is 5.91 Å². The first-order chi connectivity index (χ1) is 11.3. The Morgan fingerprint density at radius 2 is 2.21 bits per heavy atom. The Balaban J connectivity index is 1.91. The standard InChI is InChI=1S/C15H14BrNO4S3/c1-21-12-3-2-10(16)6-9(12)7-13-14(18)17(15(22)23-13)11-4-5-24(19,20)8-11/h2-3,6-7,11H,4-5,8H2,1H3/b13-7-/t11-/m1/s1. The summed E-state index contributed by atoms with van der Waals surface area (Å²) >= 11 is 9.89. The van der Waals surface area contributed by atoms with Crippen molar-refractivity contribution in [3.63, 3.8) is 0 Å². The van der Waals surface area contributed by atoms with Gasteiger partial charge in [0.1, 0.15) is 10.1 Å². The van der Waals surface area contributed by atoms with Gasteiger partial charge in [-0.25, -0.2) is 8.42 Å². The highest BCUT2D eigenvalue weighted by molar-refractivity contribution is 9.10. The second kappa shape index (κ2) is 6.78. The van der Waals surface area contributed by atoms with Crippen LogP contribution in [0.15, 0.2) is 27.6 Å². The summed E-state index contributed by atoms with van der Waals surface area (Å²) in [5.74, 6) is 0.487. The van der Waals surface area contributed by atoms with Gasteiger partial charge < -0.3 is 4.74 Å². The summed E-state index contributed by atoms with van der Waals surface area (Å²) in [5, 5.41) is 0. The number of ether oxygens (including phenoxy) is 1. The zero-order valence-corrected chi connectivity index (χ0v) is 16.7. The molecular formula is C15H14BrNO4S3. The number of halogens is 1. The van der Waals surface area contributed by atoms with Gasteiger partial charge in [0.15, 0.2) is 9.84 Å². The summed E-state index contributed by atoms with van der Waals surface area (Å²) in [5.41, 5.74) is 0.756. The first kappa shape index (κ1) is 17.9. The van der Waals surface area contributed by atoms with Gasteiger partial charge in [-0.15, -0.1) is 0 Å². The van der Waals surface area contributed by atoms with Crippen LogP contribution in [0.5, 0.6) is 5.75 Å². The SMILES string of the molecule is COc1ccc(Br)cc1/C=C1\SC(=S)N([C@@H]2CCS(=O)(=O)C2)C1=O. The number of hydrogen-bond acceptors (Lipinski definition) is 6. The summed E-state index contributed by atoms with van der Waals surface area (Å²) < 4.78 is 29.9. The molecule has 1 aromatic rings.